The van der Waals surface area contributed by atoms with Crippen LogP contribution in [0.3, 0.4) is 0 Å². The second kappa shape index (κ2) is 9.24. The Kier molecular flexibility index (Phi) is 7.02. The third-order valence-corrected chi connectivity index (χ3v) is 3.98. The van der Waals surface area contributed by atoms with Gasteiger partial charge in [-0.3, -0.25) is 0 Å². The van der Waals surface area contributed by atoms with Crippen molar-refractivity contribution in [2.45, 2.75) is 25.4 Å². The number of nitrogens with one attached hydrogen (secondary N) is 2. The monoisotopic (exact) mass is 335 g/mol. The molecule has 2 amide bonds. The van der Waals surface area contributed by atoms with Crippen LogP contribution >= 0.6 is 0 Å². The maximum absolute atomic E-state index is 11.8. The molecule has 0 radical (unpaired) electrons. The zero-order valence-corrected chi connectivity index (χ0v) is 14.0. The number of aliphatic hydroxyl groups excluding tert-OH is 1. The predicted octanol–water partition coefficient (Wildman–Crippen LogP) is 1.44. The van der Waals surface area contributed by atoms with Crippen LogP contribution in [0.25, 0.3) is 0 Å². The molecular weight excluding hydrogens is 310 g/mol. The van der Waals surface area contributed by atoms with Crippen molar-refractivity contribution in [2.24, 2.45) is 0 Å². The Bertz CT molecular complexity index is 541. The lowest BCUT2D eigenvalue weighted by atomic mass is 10.1. The summed E-state index contributed by atoms with van der Waals surface area (Å²) in [5.41, 5.74) is 0.978. The first kappa shape index (κ1) is 18.2. The van der Waals surface area contributed by atoms with E-state index < -0.39 is 18.1 Å². The van der Waals surface area contributed by atoms with Gasteiger partial charge in [-0.1, -0.05) is 6.42 Å². The summed E-state index contributed by atoms with van der Waals surface area (Å²) in [6, 6.07) is 6.00. The van der Waals surface area contributed by atoms with Gasteiger partial charge in [0, 0.05) is 18.8 Å². The number of aliphatic hydroxyl groups is 1. The molecule has 0 unspecified atom stereocenters. The average molecular weight is 335 g/mol. The summed E-state index contributed by atoms with van der Waals surface area (Å²) in [5, 5.41) is 15.3. The van der Waals surface area contributed by atoms with Gasteiger partial charge < -0.3 is 25.4 Å². The van der Waals surface area contributed by atoms with Crippen LogP contribution in [0.5, 0.6) is 0 Å². The van der Waals surface area contributed by atoms with Gasteiger partial charge in [0.15, 0.2) is 0 Å². The number of carbonyl (C=O) groups is 2. The number of piperidine rings is 1. The SMILES string of the molecule is COC(=O)c1ccc(NC(=O)NC[C@@H](O)CN2CCCCC2)cc1. The third-order valence-electron chi connectivity index (χ3n) is 3.98. The minimum Gasteiger partial charge on any atom is -0.465 e. The molecular formula is C17H25N3O4. The minimum atomic E-state index is -0.587. The number of hydrogen-bond donors (Lipinski definition) is 3. The van der Waals surface area contributed by atoms with Crippen molar-refractivity contribution >= 4 is 17.7 Å². The summed E-state index contributed by atoms with van der Waals surface area (Å²) in [7, 11) is 1.32. The fraction of sp³-hybridized carbons (Fsp3) is 0.529. The van der Waals surface area contributed by atoms with Crippen molar-refractivity contribution in [3.8, 4) is 0 Å². The molecule has 3 N–H and O–H groups in total. The normalized spacial score (nSPS) is 16.2. The van der Waals surface area contributed by atoms with Gasteiger partial charge in [0.1, 0.15) is 0 Å². The van der Waals surface area contributed by atoms with Crippen LogP contribution in [0.2, 0.25) is 0 Å². The van der Waals surface area contributed by atoms with E-state index in [9.17, 15) is 14.7 Å². The Labute approximate surface area is 142 Å². The second-order valence-electron chi connectivity index (χ2n) is 5.92. The molecule has 1 aliphatic rings. The number of methoxy groups -OCH3 is 1. The summed E-state index contributed by atoms with van der Waals surface area (Å²) >= 11 is 0. The lowest BCUT2D eigenvalue weighted by molar-refractivity contribution is 0.0600. The standard InChI is InChI=1S/C17H25N3O4/c1-24-16(22)13-5-7-14(8-6-13)19-17(23)18-11-15(21)12-20-9-3-2-4-10-20/h5-8,15,21H,2-4,9-12H2,1H3,(H2,18,19,23)/t15-/m1/s1. The number of ether oxygens (including phenoxy) is 1. The highest BCUT2D eigenvalue weighted by atomic mass is 16.5. The van der Waals surface area contributed by atoms with Crippen LogP contribution in [0.15, 0.2) is 24.3 Å². The fourth-order valence-corrected chi connectivity index (χ4v) is 2.70. The van der Waals surface area contributed by atoms with E-state index in [2.05, 4.69) is 20.3 Å². The number of esters is 1. The zero-order valence-electron chi connectivity index (χ0n) is 14.0. The number of carbonyl (C=O) groups excluding carboxylic acids is 2. The van der Waals surface area contributed by atoms with E-state index in [1.54, 1.807) is 24.3 Å². The molecule has 1 aliphatic heterocycles. The van der Waals surface area contributed by atoms with Crippen molar-refractivity contribution in [1.29, 1.82) is 0 Å². The van der Waals surface area contributed by atoms with E-state index in [-0.39, 0.29) is 6.54 Å². The first-order valence-electron chi connectivity index (χ1n) is 8.22. The lowest BCUT2D eigenvalue weighted by Crippen LogP contribution is -2.42. The Morgan fingerprint density at radius 1 is 1.21 bits per heavy atom. The number of nitrogens with zero attached hydrogens (tertiary/aromatic N) is 1. The number of likely N-dealkylation sites (tertiary alicyclic amines) is 1. The Morgan fingerprint density at radius 2 is 1.88 bits per heavy atom. The van der Waals surface area contributed by atoms with Gasteiger partial charge in [-0.15, -0.1) is 0 Å². The van der Waals surface area contributed by atoms with Crippen LogP contribution < -0.4 is 10.6 Å². The van der Waals surface area contributed by atoms with E-state index in [0.29, 0.717) is 17.8 Å². The van der Waals surface area contributed by atoms with Gasteiger partial charge in [0.25, 0.3) is 0 Å². The molecule has 0 saturated carbocycles. The highest BCUT2D eigenvalue weighted by molar-refractivity contribution is 5.92. The number of β-amino-alcohol motifs (C(OH)–C–C–N with tert-alkyl or cyclic N) is 1. The molecule has 1 aromatic rings. The summed E-state index contributed by atoms with van der Waals surface area (Å²) in [6.07, 6.45) is 3.00. The molecule has 1 atom stereocenters. The molecule has 0 spiro atoms. The largest absolute Gasteiger partial charge is 0.465 e. The molecule has 1 fully saturated rings. The van der Waals surface area contributed by atoms with Crippen LogP contribution in [0, 0.1) is 0 Å². The highest BCUT2D eigenvalue weighted by Gasteiger charge is 2.15. The maximum Gasteiger partial charge on any atom is 0.337 e. The molecule has 1 aromatic carbocycles. The molecule has 7 heteroatoms. The lowest BCUT2D eigenvalue weighted by Gasteiger charge is -2.28. The van der Waals surface area contributed by atoms with Crippen molar-refractivity contribution < 1.29 is 19.4 Å². The fourth-order valence-electron chi connectivity index (χ4n) is 2.70. The summed E-state index contributed by atoms with van der Waals surface area (Å²) in [4.78, 5) is 25.4. The Balaban J connectivity index is 1.71. The van der Waals surface area contributed by atoms with E-state index in [1.807, 2.05) is 0 Å². The average Bonchev–Trinajstić information content (AvgIpc) is 2.61. The second-order valence-corrected chi connectivity index (χ2v) is 5.92. The number of hydrogen-bond acceptors (Lipinski definition) is 5. The number of urea groups is 1. The molecule has 24 heavy (non-hydrogen) atoms. The van der Waals surface area contributed by atoms with Crippen molar-refractivity contribution in [3.63, 3.8) is 0 Å². The molecule has 1 saturated heterocycles. The van der Waals surface area contributed by atoms with Gasteiger partial charge in [0.2, 0.25) is 0 Å². The topological polar surface area (TPSA) is 90.9 Å². The number of anilines is 1. The summed E-state index contributed by atoms with van der Waals surface area (Å²) < 4.78 is 4.61. The van der Waals surface area contributed by atoms with Crippen molar-refractivity contribution in [2.75, 3.05) is 38.6 Å². The highest BCUT2D eigenvalue weighted by Crippen LogP contribution is 2.10. The minimum absolute atomic E-state index is 0.197. The van der Waals surface area contributed by atoms with E-state index >= 15 is 0 Å². The molecule has 132 valence electrons. The molecule has 2 rings (SSSR count). The number of benzene rings is 1. The van der Waals surface area contributed by atoms with Gasteiger partial charge in [-0.2, -0.15) is 0 Å². The smallest absolute Gasteiger partial charge is 0.337 e. The van der Waals surface area contributed by atoms with Gasteiger partial charge in [-0.05, 0) is 50.2 Å². The predicted molar refractivity (Wildman–Crippen MR) is 91.1 cm³/mol. The summed E-state index contributed by atoms with van der Waals surface area (Å²) in [6.45, 7) is 2.79. The Hall–Kier alpha value is -2.12. The van der Waals surface area contributed by atoms with Crippen LogP contribution in [-0.4, -0.2) is 61.4 Å². The maximum atomic E-state index is 11.8. The zero-order chi connectivity index (χ0) is 17.4. The van der Waals surface area contributed by atoms with Crippen molar-refractivity contribution in [3.05, 3.63) is 29.8 Å². The first-order valence-corrected chi connectivity index (χ1v) is 8.22. The molecule has 1 heterocycles. The number of rotatable bonds is 6. The molecule has 0 aliphatic carbocycles. The molecule has 0 bridgehead atoms. The van der Waals surface area contributed by atoms with Gasteiger partial charge in [-0.25, -0.2) is 9.59 Å². The third kappa shape index (κ3) is 5.82. The van der Waals surface area contributed by atoms with E-state index in [1.165, 1.54) is 26.4 Å². The van der Waals surface area contributed by atoms with Crippen LogP contribution in [0.1, 0.15) is 29.6 Å². The number of amides is 2. The summed E-state index contributed by atoms with van der Waals surface area (Å²) in [5.74, 6) is -0.424. The first-order chi connectivity index (χ1) is 11.6. The quantitative estimate of drug-likeness (QED) is 0.684. The molecule has 0 aromatic heterocycles. The Morgan fingerprint density at radius 3 is 2.50 bits per heavy atom. The van der Waals surface area contributed by atoms with Crippen molar-refractivity contribution in [1.82, 2.24) is 10.2 Å². The van der Waals surface area contributed by atoms with Crippen LogP contribution in [-0.2, 0) is 4.74 Å². The van der Waals surface area contributed by atoms with E-state index in [0.717, 1.165) is 13.1 Å². The van der Waals surface area contributed by atoms with Crippen LogP contribution in [0.4, 0.5) is 10.5 Å². The van der Waals surface area contributed by atoms with E-state index in [4.69, 9.17) is 0 Å². The molecule has 7 nitrogen and oxygen atoms in total. The van der Waals surface area contributed by atoms with Gasteiger partial charge >= 0.3 is 12.0 Å². The van der Waals surface area contributed by atoms with Gasteiger partial charge in [0.05, 0.1) is 18.8 Å².